The zero-order valence-corrected chi connectivity index (χ0v) is 7.13. The van der Waals surface area contributed by atoms with Crippen LogP contribution in [-0.2, 0) is 0 Å². The predicted molar refractivity (Wildman–Crippen MR) is 45.9 cm³/mol. The maximum Gasteiger partial charge on any atom is 0.115 e. The third-order valence-corrected chi connectivity index (χ3v) is 0.830. The topological polar surface area (TPSA) is 25.8 Å². The van der Waals surface area contributed by atoms with Crippen LogP contribution in [0.1, 0.15) is 26.3 Å². The van der Waals surface area contributed by atoms with E-state index in [9.17, 15) is 0 Å². The van der Waals surface area contributed by atoms with Crippen molar-refractivity contribution in [3.63, 3.8) is 0 Å². The first-order chi connectivity index (χ1) is 5.43. The SMILES string of the molecule is CC.CC#Cc1cncnc1. The van der Waals surface area contributed by atoms with E-state index in [1.807, 2.05) is 13.8 Å². The first-order valence-electron chi connectivity index (χ1n) is 3.61. The maximum absolute atomic E-state index is 3.79. The average molecular weight is 148 g/mol. The van der Waals surface area contributed by atoms with Crippen molar-refractivity contribution < 1.29 is 0 Å². The number of rotatable bonds is 0. The number of hydrogen-bond donors (Lipinski definition) is 0. The van der Waals surface area contributed by atoms with Gasteiger partial charge in [0.1, 0.15) is 6.33 Å². The summed E-state index contributed by atoms with van der Waals surface area (Å²) in [5.74, 6) is 5.59. The van der Waals surface area contributed by atoms with E-state index < -0.39 is 0 Å². The van der Waals surface area contributed by atoms with Gasteiger partial charge >= 0.3 is 0 Å². The Morgan fingerprint density at radius 2 is 1.73 bits per heavy atom. The molecular weight excluding hydrogens is 136 g/mol. The second-order valence-electron chi connectivity index (χ2n) is 1.50. The van der Waals surface area contributed by atoms with E-state index in [0.29, 0.717) is 0 Å². The van der Waals surface area contributed by atoms with Gasteiger partial charge in [-0.15, -0.1) is 5.92 Å². The summed E-state index contributed by atoms with van der Waals surface area (Å²) >= 11 is 0. The minimum Gasteiger partial charge on any atom is -0.244 e. The van der Waals surface area contributed by atoms with E-state index in [1.165, 1.54) is 6.33 Å². The Hall–Kier alpha value is -1.36. The largest absolute Gasteiger partial charge is 0.244 e. The highest BCUT2D eigenvalue weighted by Gasteiger charge is 1.79. The molecule has 0 saturated carbocycles. The molecule has 58 valence electrons. The Morgan fingerprint density at radius 1 is 1.18 bits per heavy atom. The average Bonchev–Trinajstić information content (AvgIpc) is 2.11. The molecule has 0 aliphatic rings. The van der Waals surface area contributed by atoms with Gasteiger partial charge in [0.05, 0.1) is 5.56 Å². The van der Waals surface area contributed by atoms with Crippen LogP contribution in [0.4, 0.5) is 0 Å². The van der Waals surface area contributed by atoms with Gasteiger partial charge in [0.15, 0.2) is 0 Å². The van der Waals surface area contributed by atoms with Gasteiger partial charge in [-0.3, -0.25) is 0 Å². The normalized spacial score (nSPS) is 6.82. The molecule has 0 bridgehead atoms. The number of nitrogens with zero attached hydrogens (tertiary/aromatic N) is 2. The van der Waals surface area contributed by atoms with E-state index >= 15 is 0 Å². The zero-order valence-electron chi connectivity index (χ0n) is 7.13. The molecule has 0 spiro atoms. The molecule has 0 unspecified atom stereocenters. The fraction of sp³-hybridized carbons (Fsp3) is 0.333. The molecule has 2 heteroatoms. The molecule has 0 saturated heterocycles. The minimum atomic E-state index is 0.861. The highest BCUT2D eigenvalue weighted by Crippen LogP contribution is 1.86. The molecule has 1 aromatic rings. The first-order valence-corrected chi connectivity index (χ1v) is 3.61. The van der Waals surface area contributed by atoms with Crippen LogP contribution < -0.4 is 0 Å². The van der Waals surface area contributed by atoms with E-state index in [-0.39, 0.29) is 0 Å². The van der Waals surface area contributed by atoms with Gasteiger partial charge in [0, 0.05) is 12.4 Å². The fourth-order valence-electron chi connectivity index (χ4n) is 0.508. The third-order valence-electron chi connectivity index (χ3n) is 0.830. The van der Waals surface area contributed by atoms with Gasteiger partial charge in [-0.2, -0.15) is 0 Å². The van der Waals surface area contributed by atoms with E-state index in [2.05, 4.69) is 21.8 Å². The van der Waals surface area contributed by atoms with Crippen molar-refractivity contribution in [2.75, 3.05) is 0 Å². The minimum absolute atomic E-state index is 0.861. The predicted octanol–water partition coefficient (Wildman–Crippen LogP) is 1.87. The third kappa shape index (κ3) is 4.10. The molecule has 0 atom stereocenters. The van der Waals surface area contributed by atoms with Crippen molar-refractivity contribution in [1.82, 2.24) is 9.97 Å². The molecule has 1 rings (SSSR count). The lowest BCUT2D eigenvalue weighted by atomic mass is 10.3. The first kappa shape index (κ1) is 9.64. The van der Waals surface area contributed by atoms with Crippen LogP contribution >= 0.6 is 0 Å². The molecular formula is C9H12N2. The van der Waals surface area contributed by atoms with Crippen molar-refractivity contribution in [2.24, 2.45) is 0 Å². The Kier molecular flexibility index (Phi) is 5.92. The van der Waals surface area contributed by atoms with Gasteiger partial charge in [-0.25, -0.2) is 9.97 Å². The van der Waals surface area contributed by atoms with Gasteiger partial charge < -0.3 is 0 Å². The molecule has 0 amide bonds. The molecule has 1 heterocycles. The molecule has 0 aliphatic heterocycles. The van der Waals surface area contributed by atoms with Crippen molar-refractivity contribution in [2.45, 2.75) is 20.8 Å². The maximum atomic E-state index is 3.79. The van der Waals surface area contributed by atoms with E-state index in [1.54, 1.807) is 19.3 Å². The standard InChI is InChI=1S/C7H6N2.C2H6/c1-2-3-7-4-8-6-9-5-7;1-2/h4-6H,1H3;1-2H3. The summed E-state index contributed by atoms with van der Waals surface area (Å²) in [6.07, 6.45) is 4.85. The Labute approximate surface area is 67.7 Å². The van der Waals surface area contributed by atoms with Crippen LogP contribution in [0, 0.1) is 11.8 Å². The summed E-state index contributed by atoms with van der Waals surface area (Å²) in [5.41, 5.74) is 0.861. The number of hydrogen-bond acceptors (Lipinski definition) is 2. The van der Waals surface area contributed by atoms with Crippen molar-refractivity contribution in [3.05, 3.63) is 24.3 Å². The molecule has 2 nitrogen and oxygen atoms in total. The summed E-state index contributed by atoms with van der Waals surface area (Å²) in [6.45, 7) is 5.78. The fourth-order valence-corrected chi connectivity index (χ4v) is 0.508. The highest BCUT2D eigenvalue weighted by molar-refractivity contribution is 5.27. The lowest BCUT2D eigenvalue weighted by Crippen LogP contribution is -1.78. The van der Waals surface area contributed by atoms with Crippen LogP contribution in [-0.4, -0.2) is 9.97 Å². The quantitative estimate of drug-likeness (QED) is 0.525. The summed E-state index contributed by atoms with van der Waals surface area (Å²) in [4.78, 5) is 7.58. The van der Waals surface area contributed by atoms with E-state index in [0.717, 1.165) is 5.56 Å². The zero-order chi connectivity index (χ0) is 8.53. The van der Waals surface area contributed by atoms with Crippen LogP contribution in [0.5, 0.6) is 0 Å². The number of aromatic nitrogens is 2. The summed E-state index contributed by atoms with van der Waals surface area (Å²) < 4.78 is 0. The summed E-state index contributed by atoms with van der Waals surface area (Å²) in [6, 6.07) is 0. The van der Waals surface area contributed by atoms with Gasteiger partial charge in [0.2, 0.25) is 0 Å². The van der Waals surface area contributed by atoms with Crippen molar-refractivity contribution >= 4 is 0 Å². The van der Waals surface area contributed by atoms with Crippen LogP contribution in [0.15, 0.2) is 18.7 Å². The molecule has 0 fully saturated rings. The molecule has 0 radical (unpaired) electrons. The lowest BCUT2D eigenvalue weighted by Gasteiger charge is -1.82. The highest BCUT2D eigenvalue weighted by atomic mass is 14.8. The van der Waals surface area contributed by atoms with Crippen LogP contribution in [0.3, 0.4) is 0 Å². The summed E-state index contributed by atoms with van der Waals surface area (Å²) in [7, 11) is 0. The molecule has 1 aromatic heterocycles. The van der Waals surface area contributed by atoms with E-state index in [4.69, 9.17) is 0 Å². The van der Waals surface area contributed by atoms with Gasteiger partial charge in [-0.05, 0) is 6.92 Å². The Morgan fingerprint density at radius 3 is 2.18 bits per heavy atom. The smallest absolute Gasteiger partial charge is 0.115 e. The second-order valence-corrected chi connectivity index (χ2v) is 1.50. The Bertz CT molecular complexity index is 231. The van der Waals surface area contributed by atoms with Crippen LogP contribution in [0.25, 0.3) is 0 Å². The molecule has 0 N–H and O–H groups in total. The van der Waals surface area contributed by atoms with Crippen molar-refractivity contribution in [3.8, 4) is 11.8 Å². The molecule has 0 aromatic carbocycles. The van der Waals surface area contributed by atoms with Crippen molar-refractivity contribution in [1.29, 1.82) is 0 Å². The molecule has 0 aliphatic carbocycles. The Balaban J connectivity index is 0.000000461. The summed E-state index contributed by atoms with van der Waals surface area (Å²) in [5, 5.41) is 0. The van der Waals surface area contributed by atoms with Gasteiger partial charge in [-0.1, -0.05) is 19.8 Å². The van der Waals surface area contributed by atoms with Crippen LogP contribution in [0.2, 0.25) is 0 Å². The van der Waals surface area contributed by atoms with Gasteiger partial charge in [0.25, 0.3) is 0 Å². The lowest BCUT2D eigenvalue weighted by molar-refractivity contribution is 1.16. The monoisotopic (exact) mass is 148 g/mol. The molecule has 11 heavy (non-hydrogen) atoms. The second kappa shape index (κ2) is 6.76.